The number of carbonyl (C=O) groups excluding carboxylic acids is 1. The van der Waals surface area contributed by atoms with Crippen molar-refractivity contribution in [3.05, 3.63) is 0 Å². The van der Waals surface area contributed by atoms with Gasteiger partial charge in [0.05, 0.1) is 12.1 Å². The molecule has 0 aromatic rings. The molecule has 1 rings (SSSR count). The lowest BCUT2D eigenvalue weighted by Crippen LogP contribution is -2.50. The molecular formula is C8H15N3O2. The molecule has 0 aromatic carbocycles. The van der Waals surface area contributed by atoms with Crippen molar-refractivity contribution in [3.8, 4) is 0 Å². The summed E-state index contributed by atoms with van der Waals surface area (Å²) in [5.41, 5.74) is 5.14. The Labute approximate surface area is 77.6 Å². The number of nitrogens with zero attached hydrogens (tertiary/aromatic N) is 2. The van der Waals surface area contributed by atoms with Crippen LogP contribution >= 0.6 is 0 Å². The van der Waals surface area contributed by atoms with Crippen LogP contribution in [0.3, 0.4) is 0 Å². The van der Waals surface area contributed by atoms with E-state index in [1.807, 2.05) is 13.8 Å². The zero-order valence-electron chi connectivity index (χ0n) is 8.20. The summed E-state index contributed by atoms with van der Waals surface area (Å²) in [6.45, 7) is 4.75. The molecule has 0 saturated carbocycles. The van der Waals surface area contributed by atoms with E-state index < -0.39 is 5.54 Å². The minimum absolute atomic E-state index is 0.278. The number of hydrogen-bond acceptors (Lipinski definition) is 3. The molecule has 1 heterocycles. The second kappa shape index (κ2) is 3.33. The maximum atomic E-state index is 11.3. The third-order valence-electron chi connectivity index (χ3n) is 2.27. The summed E-state index contributed by atoms with van der Waals surface area (Å²) in [6.07, 6.45) is 0. The lowest BCUT2D eigenvalue weighted by atomic mass is 10.0. The lowest BCUT2D eigenvalue weighted by molar-refractivity contribution is 0.133. The summed E-state index contributed by atoms with van der Waals surface area (Å²) in [5, 5.41) is 0. The SMILES string of the molecule is COCCN1C(=O)N=C(N)C1(C)C. The highest BCUT2D eigenvalue weighted by Crippen LogP contribution is 2.21. The first kappa shape index (κ1) is 9.98. The number of urea groups is 1. The van der Waals surface area contributed by atoms with Crippen LogP contribution < -0.4 is 5.73 Å². The second-order valence-corrected chi connectivity index (χ2v) is 3.48. The van der Waals surface area contributed by atoms with Gasteiger partial charge in [-0.2, -0.15) is 4.99 Å². The molecule has 5 heteroatoms. The molecule has 0 saturated heterocycles. The molecule has 0 unspecified atom stereocenters. The van der Waals surface area contributed by atoms with Gasteiger partial charge in [-0.1, -0.05) is 0 Å². The summed E-state index contributed by atoms with van der Waals surface area (Å²) in [4.78, 5) is 16.6. The van der Waals surface area contributed by atoms with Gasteiger partial charge in [-0.25, -0.2) is 4.79 Å². The van der Waals surface area contributed by atoms with Gasteiger partial charge < -0.3 is 15.4 Å². The molecule has 5 nitrogen and oxygen atoms in total. The molecule has 0 aromatic heterocycles. The quantitative estimate of drug-likeness (QED) is 0.683. The van der Waals surface area contributed by atoms with Gasteiger partial charge in [0.1, 0.15) is 5.84 Å². The normalized spacial score (nSPS) is 20.7. The van der Waals surface area contributed by atoms with Crippen molar-refractivity contribution in [1.82, 2.24) is 4.90 Å². The maximum Gasteiger partial charge on any atom is 0.346 e. The van der Waals surface area contributed by atoms with E-state index in [0.29, 0.717) is 19.0 Å². The first-order chi connectivity index (χ1) is 6.00. The van der Waals surface area contributed by atoms with Crippen molar-refractivity contribution in [2.45, 2.75) is 19.4 Å². The number of ether oxygens (including phenoxy) is 1. The summed E-state index contributed by atoms with van der Waals surface area (Å²) in [7, 11) is 1.60. The number of amidine groups is 1. The van der Waals surface area contributed by atoms with Gasteiger partial charge in [-0.15, -0.1) is 0 Å². The van der Waals surface area contributed by atoms with E-state index in [2.05, 4.69) is 4.99 Å². The zero-order valence-corrected chi connectivity index (χ0v) is 8.20. The van der Waals surface area contributed by atoms with Crippen LogP contribution in [0.15, 0.2) is 4.99 Å². The summed E-state index contributed by atoms with van der Waals surface area (Å²) < 4.78 is 4.90. The van der Waals surface area contributed by atoms with Crippen molar-refractivity contribution >= 4 is 11.9 Å². The van der Waals surface area contributed by atoms with Gasteiger partial charge in [0.2, 0.25) is 0 Å². The minimum Gasteiger partial charge on any atom is -0.385 e. The minimum atomic E-state index is -0.477. The van der Waals surface area contributed by atoms with Crippen LogP contribution in [-0.2, 0) is 4.74 Å². The van der Waals surface area contributed by atoms with Crippen LogP contribution in [0.2, 0.25) is 0 Å². The fourth-order valence-corrected chi connectivity index (χ4v) is 1.24. The zero-order chi connectivity index (χ0) is 10.1. The van der Waals surface area contributed by atoms with Crippen LogP contribution in [0.4, 0.5) is 4.79 Å². The Bertz CT molecular complexity index is 248. The highest BCUT2D eigenvalue weighted by Gasteiger charge is 2.39. The number of nitrogens with two attached hydrogens (primary N) is 1. The highest BCUT2D eigenvalue weighted by molar-refractivity contribution is 6.05. The average Bonchev–Trinajstić information content (AvgIpc) is 2.21. The molecule has 0 bridgehead atoms. The first-order valence-corrected chi connectivity index (χ1v) is 4.15. The van der Waals surface area contributed by atoms with Crippen LogP contribution in [0.25, 0.3) is 0 Å². The Balaban J connectivity index is 2.71. The topological polar surface area (TPSA) is 67.9 Å². The first-order valence-electron chi connectivity index (χ1n) is 4.15. The number of amides is 2. The third-order valence-corrected chi connectivity index (χ3v) is 2.27. The number of rotatable bonds is 3. The monoisotopic (exact) mass is 185 g/mol. The largest absolute Gasteiger partial charge is 0.385 e. The molecule has 1 aliphatic rings. The predicted octanol–water partition coefficient (Wildman–Crippen LogP) is 0.204. The summed E-state index contributed by atoms with van der Waals surface area (Å²) in [6, 6.07) is -0.278. The predicted molar refractivity (Wildman–Crippen MR) is 49.7 cm³/mol. The maximum absolute atomic E-state index is 11.3. The van der Waals surface area contributed by atoms with Crippen molar-refractivity contribution in [2.75, 3.05) is 20.3 Å². The molecule has 2 N–H and O–H groups in total. The van der Waals surface area contributed by atoms with Crippen molar-refractivity contribution in [2.24, 2.45) is 10.7 Å². The summed E-state index contributed by atoms with van der Waals surface area (Å²) in [5.74, 6) is 0.369. The number of methoxy groups -OCH3 is 1. The van der Waals surface area contributed by atoms with Gasteiger partial charge in [-0.3, -0.25) is 0 Å². The fourth-order valence-electron chi connectivity index (χ4n) is 1.24. The molecule has 0 fully saturated rings. The fraction of sp³-hybridized carbons (Fsp3) is 0.750. The van der Waals surface area contributed by atoms with Crippen LogP contribution in [0.5, 0.6) is 0 Å². The number of hydrogen-bond donors (Lipinski definition) is 1. The van der Waals surface area contributed by atoms with E-state index in [4.69, 9.17) is 10.5 Å². The number of carbonyl (C=O) groups is 1. The van der Waals surface area contributed by atoms with Gasteiger partial charge >= 0.3 is 6.03 Å². The van der Waals surface area contributed by atoms with Crippen molar-refractivity contribution < 1.29 is 9.53 Å². The standard InChI is InChI=1S/C8H15N3O2/c1-8(2)6(9)10-7(12)11(8)4-5-13-3/h4-5H2,1-3H3,(H2,9,10,12). The van der Waals surface area contributed by atoms with E-state index >= 15 is 0 Å². The van der Waals surface area contributed by atoms with Crippen LogP contribution in [0, 0.1) is 0 Å². The van der Waals surface area contributed by atoms with E-state index in [0.717, 1.165) is 0 Å². The summed E-state index contributed by atoms with van der Waals surface area (Å²) >= 11 is 0. The highest BCUT2D eigenvalue weighted by atomic mass is 16.5. The molecule has 0 atom stereocenters. The van der Waals surface area contributed by atoms with E-state index in [9.17, 15) is 4.79 Å². The molecule has 74 valence electrons. The van der Waals surface area contributed by atoms with E-state index in [1.54, 1.807) is 12.0 Å². The van der Waals surface area contributed by atoms with Gasteiger partial charge in [0.25, 0.3) is 0 Å². The molecule has 13 heavy (non-hydrogen) atoms. The van der Waals surface area contributed by atoms with Crippen LogP contribution in [0.1, 0.15) is 13.8 Å². The van der Waals surface area contributed by atoms with Gasteiger partial charge in [0.15, 0.2) is 0 Å². The molecule has 1 aliphatic heterocycles. The van der Waals surface area contributed by atoms with Gasteiger partial charge in [-0.05, 0) is 13.8 Å². The Kier molecular flexibility index (Phi) is 2.56. The second-order valence-electron chi connectivity index (χ2n) is 3.48. The van der Waals surface area contributed by atoms with E-state index in [-0.39, 0.29) is 6.03 Å². The Morgan fingerprint density at radius 3 is 2.62 bits per heavy atom. The Morgan fingerprint density at radius 1 is 1.62 bits per heavy atom. The molecule has 0 spiro atoms. The van der Waals surface area contributed by atoms with E-state index in [1.165, 1.54) is 0 Å². The Hall–Kier alpha value is -1.10. The molecule has 2 amide bonds. The smallest absolute Gasteiger partial charge is 0.346 e. The van der Waals surface area contributed by atoms with Gasteiger partial charge in [0, 0.05) is 13.7 Å². The number of aliphatic imine (C=N–C) groups is 1. The Morgan fingerprint density at radius 2 is 2.23 bits per heavy atom. The van der Waals surface area contributed by atoms with Crippen LogP contribution in [-0.4, -0.2) is 42.6 Å². The molecule has 0 radical (unpaired) electrons. The lowest BCUT2D eigenvalue weighted by Gasteiger charge is -2.30. The average molecular weight is 185 g/mol. The van der Waals surface area contributed by atoms with Crippen molar-refractivity contribution in [1.29, 1.82) is 0 Å². The van der Waals surface area contributed by atoms with Crippen molar-refractivity contribution in [3.63, 3.8) is 0 Å². The molecular weight excluding hydrogens is 170 g/mol. The third kappa shape index (κ3) is 1.65. The molecule has 0 aliphatic carbocycles.